The van der Waals surface area contributed by atoms with Crippen LogP contribution in [0.15, 0.2) is 12.2 Å². The van der Waals surface area contributed by atoms with Gasteiger partial charge in [-0.05, 0) is 32.6 Å². The summed E-state index contributed by atoms with van der Waals surface area (Å²) in [6.45, 7) is 10.6. The van der Waals surface area contributed by atoms with Crippen molar-refractivity contribution in [1.29, 1.82) is 0 Å². The van der Waals surface area contributed by atoms with E-state index in [4.69, 9.17) is 4.74 Å². The summed E-state index contributed by atoms with van der Waals surface area (Å²) in [5.74, 6) is -0.263. The molecule has 0 saturated heterocycles. The van der Waals surface area contributed by atoms with Crippen LogP contribution in [0.4, 0.5) is 26.3 Å². The predicted octanol–water partition coefficient (Wildman–Crippen LogP) is 4.99. The zero-order valence-electron chi connectivity index (χ0n) is 20.2. The van der Waals surface area contributed by atoms with Crippen LogP contribution in [-0.2, 0) is 29.6 Å². The highest BCUT2D eigenvalue weighted by Crippen LogP contribution is 2.36. The van der Waals surface area contributed by atoms with Crippen LogP contribution in [0.2, 0.25) is 0 Å². The minimum Gasteiger partial charge on any atom is -0.462 e. The van der Waals surface area contributed by atoms with E-state index in [0.29, 0.717) is 12.2 Å². The summed E-state index contributed by atoms with van der Waals surface area (Å²) >= 11 is 0. The van der Waals surface area contributed by atoms with Crippen molar-refractivity contribution in [1.82, 2.24) is 0 Å². The van der Waals surface area contributed by atoms with Gasteiger partial charge in [-0.25, -0.2) is 21.6 Å². The number of hydrogen-bond donors (Lipinski definition) is 0. The van der Waals surface area contributed by atoms with E-state index in [0.717, 1.165) is 21.5 Å². The molecule has 0 spiro atoms. The summed E-state index contributed by atoms with van der Waals surface area (Å²) in [5, 5.41) is 0. The summed E-state index contributed by atoms with van der Waals surface area (Å²) in [6.07, 6.45) is 8.55. The summed E-state index contributed by atoms with van der Waals surface area (Å²) in [5.41, 5.74) is -11.9. The minimum absolute atomic E-state index is 0.263. The molecule has 0 atom stereocenters. The number of quaternary nitrogens is 1. The van der Waals surface area contributed by atoms with Gasteiger partial charge in [-0.2, -0.15) is 26.3 Å². The van der Waals surface area contributed by atoms with Crippen LogP contribution in [0.3, 0.4) is 0 Å². The zero-order chi connectivity index (χ0) is 28.1. The SMILES string of the molecule is C=C(C)C(=O)OCCCCCCCC[N+](C)(C)CCC.O=S(=O)([N-]S(=O)(=O)C(F)(F)F)C(F)(F)F. The average Bonchev–Trinajstić information content (AvgIpc) is 2.64. The Kier molecular flexibility index (Phi) is 15.3. The van der Waals surface area contributed by atoms with Crippen LogP contribution in [0.25, 0.3) is 4.13 Å². The Morgan fingerprint density at radius 2 is 1.23 bits per heavy atom. The summed E-state index contributed by atoms with van der Waals surface area (Å²) in [4.78, 5) is 11.1. The Morgan fingerprint density at radius 1 is 0.829 bits per heavy atom. The molecule has 8 nitrogen and oxygen atoms in total. The van der Waals surface area contributed by atoms with E-state index in [1.165, 1.54) is 45.2 Å². The molecule has 0 N–H and O–H groups in total. The van der Waals surface area contributed by atoms with Crippen molar-refractivity contribution in [3.8, 4) is 0 Å². The average molecular weight is 565 g/mol. The van der Waals surface area contributed by atoms with Crippen LogP contribution in [0.1, 0.15) is 58.8 Å². The van der Waals surface area contributed by atoms with Gasteiger partial charge in [0, 0.05) is 5.57 Å². The summed E-state index contributed by atoms with van der Waals surface area (Å²) < 4.78 is 115. The molecule has 0 fully saturated rings. The van der Waals surface area contributed by atoms with Gasteiger partial charge in [0.05, 0.1) is 33.8 Å². The second kappa shape index (κ2) is 15.0. The molecule has 0 heterocycles. The zero-order valence-corrected chi connectivity index (χ0v) is 21.8. The van der Waals surface area contributed by atoms with E-state index in [9.17, 15) is 48.0 Å². The molecule has 0 amide bonds. The molecule has 0 aliphatic heterocycles. The van der Waals surface area contributed by atoms with Gasteiger partial charge in [0.15, 0.2) is 20.0 Å². The van der Waals surface area contributed by atoms with E-state index in [1.807, 2.05) is 0 Å². The predicted molar refractivity (Wildman–Crippen MR) is 119 cm³/mol. The van der Waals surface area contributed by atoms with Gasteiger partial charge in [-0.3, -0.25) is 0 Å². The van der Waals surface area contributed by atoms with E-state index in [-0.39, 0.29) is 5.97 Å². The number of sulfonamides is 2. The lowest BCUT2D eigenvalue weighted by molar-refractivity contribution is -0.890. The Bertz CT molecular complexity index is 827. The molecule has 0 aromatic carbocycles. The third kappa shape index (κ3) is 16.1. The topological polar surface area (TPSA) is 109 Å². The van der Waals surface area contributed by atoms with Gasteiger partial charge in [0.1, 0.15) is 0 Å². The smallest absolute Gasteiger partial charge is 0.462 e. The first-order chi connectivity index (χ1) is 15.6. The molecule has 0 radical (unpaired) electrons. The lowest BCUT2D eigenvalue weighted by Gasteiger charge is -2.29. The number of alkyl halides is 6. The normalized spacial score (nSPS) is 13.1. The fourth-order valence-corrected chi connectivity index (χ4v) is 4.28. The second-order valence-electron chi connectivity index (χ2n) is 8.34. The molecule has 0 aromatic rings. The van der Waals surface area contributed by atoms with Crippen LogP contribution in [-0.4, -0.2) is 72.1 Å². The van der Waals surface area contributed by atoms with E-state index in [1.54, 1.807) is 6.92 Å². The number of carbonyl (C=O) groups is 1. The Hall–Kier alpha value is -1.39. The number of esters is 1. The highest BCUT2D eigenvalue weighted by atomic mass is 32.3. The highest BCUT2D eigenvalue weighted by Gasteiger charge is 2.46. The Balaban J connectivity index is 0. The monoisotopic (exact) mass is 564 g/mol. The quantitative estimate of drug-likeness (QED) is 0.0967. The number of ether oxygens (including phenoxy) is 1. The van der Waals surface area contributed by atoms with Gasteiger partial charge in [-0.15, -0.1) is 0 Å². The van der Waals surface area contributed by atoms with Crippen LogP contribution in [0.5, 0.6) is 0 Å². The van der Waals surface area contributed by atoms with Crippen molar-refractivity contribution < 1.29 is 57.2 Å². The van der Waals surface area contributed by atoms with Crippen molar-refractivity contribution in [3.63, 3.8) is 0 Å². The molecule has 0 unspecified atom stereocenters. The van der Waals surface area contributed by atoms with Crippen molar-refractivity contribution >= 4 is 26.0 Å². The third-order valence-corrected chi connectivity index (χ3v) is 7.09. The maximum atomic E-state index is 11.4. The van der Waals surface area contributed by atoms with Crippen molar-refractivity contribution in [3.05, 3.63) is 16.3 Å². The van der Waals surface area contributed by atoms with Gasteiger partial charge in [0.25, 0.3) is 0 Å². The van der Waals surface area contributed by atoms with E-state index >= 15 is 0 Å². The van der Waals surface area contributed by atoms with Gasteiger partial charge >= 0.3 is 17.0 Å². The fraction of sp³-hybridized carbons (Fsp3) is 0.842. The molecule has 0 aliphatic carbocycles. The van der Waals surface area contributed by atoms with Crippen molar-refractivity contribution in [2.24, 2.45) is 0 Å². The standard InChI is InChI=1S/C17H34NO2.C2F6NO4S2/c1-6-13-18(4,5)14-11-9-7-8-10-12-15-20-17(19)16(2)3;3-1(4,5)14(10,11)9-15(12,13)2(6,7)8/h2,6-15H2,1,3-5H3;/q+1;-1. The van der Waals surface area contributed by atoms with Crippen LogP contribution in [0, 0.1) is 0 Å². The largest absolute Gasteiger partial charge is 0.480 e. The molecule has 0 rings (SSSR count). The molecule has 16 heteroatoms. The van der Waals surface area contributed by atoms with E-state index < -0.39 is 31.1 Å². The Labute approximate surface area is 203 Å². The highest BCUT2D eigenvalue weighted by molar-refractivity contribution is 8.13. The van der Waals surface area contributed by atoms with Gasteiger partial charge < -0.3 is 13.3 Å². The lowest BCUT2D eigenvalue weighted by atomic mass is 10.1. The van der Waals surface area contributed by atoms with Crippen molar-refractivity contribution in [2.45, 2.75) is 69.8 Å². The molecule has 0 aromatic heterocycles. The number of unbranched alkanes of at least 4 members (excludes halogenated alkanes) is 5. The van der Waals surface area contributed by atoms with Crippen LogP contribution >= 0.6 is 0 Å². The molecule has 0 saturated carbocycles. The maximum Gasteiger partial charge on any atom is 0.480 e. The summed E-state index contributed by atoms with van der Waals surface area (Å²) in [6, 6.07) is 0. The molecule has 0 bridgehead atoms. The number of hydrogen-bond acceptors (Lipinski definition) is 6. The van der Waals surface area contributed by atoms with Crippen molar-refractivity contribution in [2.75, 3.05) is 33.8 Å². The van der Waals surface area contributed by atoms with Gasteiger partial charge in [0.2, 0.25) is 0 Å². The lowest BCUT2D eigenvalue weighted by Crippen LogP contribution is -2.40. The third-order valence-electron chi connectivity index (χ3n) is 4.35. The first kappa shape index (κ1) is 35.8. The molecular weight excluding hydrogens is 530 g/mol. The number of carbonyl (C=O) groups excluding carboxylic acids is 1. The fourth-order valence-electron chi connectivity index (χ4n) is 2.57. The number of nitrogens with zero attached hydrogens (tertiary/aromatic N) is 2. The number of halogens is 6. The van der Waals surface area contributed by atoms with E-state index in [2.05, 4.69) is 27.6 Å². The second-order valence-corrected chi connectivity index (χ2v) is 11.8. The minimum atomic E-state index is -6.72. The van der Waals surface area contributed by atoms with Crippen LogP contribution < -0.4 is 0 Å². The summed E-state index contributed by atoms with van der Waals surface area (Å²) in [7, 11) is -8.81. The maximum absolute atomic E-state index is 11.4. The first-order valence-electron chi connectivity index (χ1n) is 10.6. The molecule has 35 heavy (non-hydrogen) atoms. The van der Waals surface area contributed by atoms with Gasteiger partial charge in [-0.1, -0.05) is 32.8 Å². The Morgan fingerprint density at radius 3 is 1.60 bits per heavy atom. The number of rotatable bonds is 14. The molecular formula is C19H34F6N2O6S2. The molecule has 210 valence electrons. The first-order valence-corrected chi connectivity index (χ1v) is 13.5. The molecule has 0 aliphatic rings.